The van der Waals surface area contributed by atoms with E-state index in [9.17, 15) is 46.4 Å². The molecule has 7 atom stereocenters. The summed E-state index contributed by atoms with van der Waals surface area (Å²) in [4.78, 5) is 51.5. The first-order valence-corrected chi connectivity index (χ1v) is 12.4. The molecule has 2 saturated heterocycles. The Morgan fingerprint density at radius 1 is 1.18 bits per heavy atom. The Morgan fingerprint density at radius 2 is 1.89 bits per heavy atom. The van der Waals surface area contributed by atoms with Crippen molar-refractivity contribution in [3.63, 3.8) is 0 Å². The van der Waals surface area contributed by atoms with Gasteiger partial charge in [0, 0.05) is 19.0 Å². The number of halogens is 5. The van der Waals surface area contributed by atoms with Crippen molar-refractivity contribution in [1.29, 1.82) is 5.26 Å². The first-order valence-electron chi connectivity index (χ1n) is 12.4. The van der Waals surface area contributed by atoms with Crippen LogP contribution in [0.4, 0.5) is 22.0 Å². The number of nitrogens with one attached hydrogen (secondary N) is 3. The van der Waals surface area contributed by atoms with E-state index in [2.05, 4.69) is 15.4 Å². The summed E-state index contributed by atoms with van der Waals surface area (Å²) in [6.45, 7) is -2.04. The third-order valence-electron chi connectivity index (χ3n) is 7.43. The molecule has 38 heavy (non-hydrogen) atoms. The highest BCUT2D eigenvalue weighted by Crippen LogP contribution is 2.42. The van der Waals surface area contributed by atoms with Gasteiger partial charge in [0.25, 0.3) is 0 Å². The molecular weight excluding hydrogens is 521 g/mol. The summed E-state index contributed by atoms with van der Waals surface area (Å²) in [5.41, 5.74) is 0. The molecule has 1 saturated carbocycles. The van der Waals surface area contributed by atoms with E-state index < -0.39 is 60.7 Å². The monoisotopic (exact) mass is 551 g/mol. The zero-order valence-corrected chi connectivity index (χ0v) is 20.6. The number of nitrogens with zero attached hydrogens (tertiary/aromatic N) is 2. The van der Waals surface area contributed by atoms with Gasteiger partial charge in [-0.15, -0.1) is 0 Å². The highest BCUT2D eigenvalue weighted by Gasteiger charge is 2.52. The van der Waals surface area contributed by atoms with Gasteiger partial charge in [-0.1, -0.05) is 6.42 Å². The second kappa shape index (κ2) is 12.2. The number of ether oxygens (including phenoxy) is 1. The van der Waals surface area contributed by atoms with Crippen LogP contribution >= 0.6 is 0 Å². The van der Waals surface area contributed by atoms with E-state index in [1.807, 2.05) is 6.07 Å². The van der Waals surface area contributed by atoms with Gasteiger partial charge in [0.2, 0.25) is 17.7 Å². The van der Waals surface area contributed by atoms with Crippen molar-refractivity contribution >= 4 is 23.6 Å². The Kier molecular flexibility index (Phi) is 9.50. The molecule has 3 N–H and O–H groups in total. The minimum Gasteiger partial charge on any atom is -0.356 e. The Hall–Kier alpha value is -3.02. The maximum atomic E-state index is 13.4. The van der Waals surface area contributed by atoms with Crippen LogP contribution < -0.4 is 16.0 Å². The number of amides is 4. The molecule has 3 aliphatic rings. The van der Waals surface area contributed by atoms with Crippen molar-refractivity contribution in [2.45, 2.75) is 82.5 Å². The van der Waals surface area contributed by atoms with Crippen LogP contribution in [0.3, 0.4) is 0 Å². The number of piperidine rings is 1. The highest BCUT2D eigenvalue weighted by molar-refractivity contribution is 5.94. The zero-order valence-electron chi connectivity index (χ0n) is 20.6. The lowest BCUT2D eigenvalue weighted by molar-refractivity contribution is -0.185. The van der Waals surface area contributed by atoms with Crippen LogP contribution in [0.25, 0.3) is 0 Å². The molecule has 1 aliphatic carbocycles. The number of hydrogen-bond acceptors (Lipinski definition) is 6. The van der Waals surface area contributed by atoms with Crippen molar-refractivity contribution < 1.29 is 45.9 Å². The Bertz CT molecular complexity index is 958. The van der Waals surface area contributed by atoms with Crippen LogP contribution in [0.2, 0.25) is 0 Å². The van der Waals surface area contributed by atoms with Crippen LogP contribution in [-0.4, -0.2) is 78.6 Å². The molecule has 0 aromatic heterocycles. The molecule has 3 rings (SSSR count). The van der Waals surface area contributed by atoms with Crippen LogP contribution in [0.5, 0.6) is 0 Å². The standard InChI is InChI=1S/C23H30F5N5O5/c1-11(38-22(24)25)16(32-21(37)23(26,27)28)20(36)33-10-13-4-2-6-15(13)17(33)19(35)31-14(9-29)8-12-5-3-7-30-18(12)34/h11-17,22H,2-8,10H2,1H3,(H,30,34)(H,31,35)(H,32,37)/t11-,12+,13+,14+,15+,16+,17+/m1/s1. The highest BCUT2D eigenvalue weighted by atomic mass is 19.4. The summed E-state index contributed by atoms with van der Waals surface area (Å²) >= 11 is 0. The fourth-order valence-electron chi connectivity index (χ4n) is 5.64. The average molecular weight is 552 g/mol. The van der Waals surface area contributed by atoms with Gasteiger partial charge in [-0.2, -0.15) is 27.2 Å². The van der Waals surface area contributed by atoms with Crippen molar-refractivity contribution in [1.82, 2.24) is 20.9 Å². The van der Waals surface area contributed by atoms with Crippen LogP contribution in [0.15, 0.2) is 0 Å². The second-order valence-electron chi connectivity index (χ2n) is 9.90. The fraction of sp³-hybridized carbons (Fsp3) is 0.783. The van der Waals surface area contributed by atoms with Gasteiger partial charge in [-0.05, 0) is 50.9 Å². The normalized spacial score (nSPS) is 27.6. The molecule has 4 amide bonds. The molecule has 0 unspecified atom stereocenters. The van der Waals surface area contributed by atoms with Gasteiger partial charge < -0.3 is 25.6 Å². The lowest BCUT2D eigenvalue weighted by Crippen LogP contribution is -2.60. The smallest absolute Gasteiger partial charge is 0.356 e. The van der Waals surface area contributed by atoms with Crippen molar-refractivity contribution in [2.24, 2.45) is 17.8 Å². The summed E-state index contributed by atoms with van der Waals surface area (Å²) in [6.07, 6.45) is -4.08. The first kappa shape index (κ1) is 29.5. The largest absolute Gasteiger partial charge is 0.471 e. The van der Waals surface area contributed by atoms with E-state index in [1.165, 1.54) is 5.32 Å². The van der Waals surface area contributed by atoms with Crippen molar-refractivity contribution in [3.8, 4) is 6.07 Å². The van der Waals surface area contributed by atoms with E-state index >= 15 is 0 Å². The minimum atomic E-state index is -5.40. The predicted octanol–water partition coefficient (Wildman–Crippen LogP) is 1.21. The lowest BCUT2D eigenvalue weighted by atomic mass is 9.90. The summed E-state index contributed by atoms with van der Waals surface area (Å²) < 4.78 is 68.7. The fourth-order valence-corrected chi connectivity index (χ4v) is 5.64. The Labute approximate surface area is 215 Å². The molecule has 2 heterocycles. The van der Waals surface area contributed by atoms with Gasteiger partial charge >= 0.3 is 18.7 Å². The minimum absolute atomic E-state index is 0.0341. The maximum absolute atomic E-state index is 13.4. The molecule has 0 aromatic carbocycles. The summed E-state index contributed by atoms with van der Waals surface area (Å²) in [7, 11) is 0. The van der Waals surface area contributed by atoms with E-state index in [0.717, 1.165) is 18.2 Å². The van der Waals surface area contributed by atoms with Gasteiger partial charge in [0.05, 0.1) is 12.2 Å². The van der Waals surface area contributed by atoms with Gasteiger partial charge in [-0.3, -0.25) is 19.2 Å². The molecule has 10 nitrogen and oxygen atoms in total. The molecule has 2 aliphatic heterocycles. The third-order valence-corrected chi connectivity index (χ3v) is 7.43. The quantitative estimate of drug-likeness (QED) is 0.368. The Morgan fingerprint density at radius 3 is 2.50 bits per heavy atom. The number of likely N-dealkylation sites (tertiary alicyclic amines) is 1. The average Bonchev–Trinajstić information content (AvgIpc) is 3.43. The number of alkyl halides is 5. The molecule has 0 bridgehead atoms. The molecule has 0 aromatic rings. The third kappa shape index (κ3) is 6.89. The topological polar surface area (TPSA) is 141 Å². The second-order valence-corrected chi connectivity index (χ2v) is 9.90. The van der Waals surface area contributed by atoms with E-state index in [0.29, 0.717) is 32.2 Å². The zero-order chi connectivity index (χ0) is 28.2. The van der Waals surface area contributed by atoms with Crippen LogP contribution in [0.1, 0.15) is 45.4 Å². The summed E-state index contributed by atoms with van der Waals surface area (Å²) in [5.74, 6) is -5.72. The molecular formula is C23H30F5N5O5. The number of carbonyl (C=O) groups is 4. The maximum Gasteiger partial charge on any atom is 0.471 e. The number of rotatable bonds is 9. The molecule has 212 valence electrons. The van der Waals surface area contributed by atoms with Crippen LogP contribution in [-0.2, 0) is 23.9 Å². The lowest BCUT2D eigenvalue weighted by Gasteiger charge is -2.33. The summed E-state index contributed by atoms with van der Waals surface area (Å²) in [6, 6.07) is -2.49. The Balaban J connectivity index is 1.81. The molecule has 0 radical (unpaired) electrons. The van der Waals surface area contributed by atoms with Crippen molar-refractivity contribution in [2.75, 3.05) is 13.1 Å². The SMILES string of the molecule is C[C@@H](OC(F)F)[C@H](NC(=O)C(F)(F)F)C(=O)N1C[C@@H]2CCC[C@@H]2[C@H]1C(=O)N[C@H](C#N)C[C@@H]1CCCNC1=O. The van der Waals surface area contributed by atoms with Gasteiger partial charge in [0.15, 0.2) is 0 Å². The molecule has 15 heteroatoms. The molecule has 3 fully saturated rings. The first-order chi connectivity index (χ1) is 17.8. The number of nitriles is 1. The van der Waals surface area contributed by atoms with E-state index in [-0.39, 0.29) is 30.7 Å². The van der Waals surface area contributed by atoms with Crippen molar-refractivity contribution in [3.05, 3.63) is 0 Å². The van der Waals surface area contributed by atoms with Crippen LogP contribution in [0, 0.1) is 29.1 Å². The number of fused-ring (bicyclic) bond motifs is 1. The van der Waals surface area contributed by atoms with Gasteiger partial charge in [-0.25, -0.2) is 0 Å². The molecule has 0 spiro atoms. The predicted molar refractivity (Wildman–Crippen MR) is 119 cm³/mol. The summed E-state index contributed by atoms with van der Waals surface area (Å²) in [5, 5.41) is 16.3. The number of hydrogen-bond donors (Lipinski definition) is 3. The van der Waals surface area contributed by atoms with E-state index in [4.69, 9.17) is 0 Å². The number of carbonyl (C=O) groups excluding carboxylic acids is 4. The van der Waals surface area contributed by atoms with Gasteiger partial charge in [0.1, 0.15) is 18.1 Å². The van der Waals surface area contributed by atoms with E-state index in [1.54, 1.807) is 0 Å².